The minimum Gasteiger partial charge on any atom is -0.481 e. The van der Waals surface area contributed by atoms with Gasteiger partial charge >= 0.3 is 19.5 Å². The summed E-state index contributed by atoms with van der Waals surface area (Å²) >= 11 is 0. The third-order valence-electron chi connectivity index (χ3n) is 6.86. The highest BCUT2D eigenvalue weighted by Crippen LogP contribution is 2.53. The maximum atomic E-state index is 13.1. The number of hydrogen-bond acceptors (Lipinski definition) is 9. The fourth-order valence-corrected chi connectivity index (χ4v) is 6.65. The Labute approximate surface area is 212 Å². The third kappa shape index (κ3) is 8.23. The Bertz CT molecular complexity index is 846. The number of aliphatic hydroxyl groups excluding tert-OH is 3. The Morgan fingerprint density at radius 1 is 1.17 bits per heavy atom. The van der Waals surface area contributed by atoms with Gasteiger partial charge in [-0.3, -0.25) is 14.2 Å². The zero-order valence-corrected chi connectivity index (χ0v) is 22.4. The van der Waals surface area contributed by atoms with Gasteiger partial charge in [-0.15, -0.1) is 0 Å². The molecule has 4 N–H and O–H groups in total. The minimum absolute atomic E-state index is 0.0429. The summed E-state index contributed by atoms with van der Waals surface area (Å²) < 4.78 is 29.6. The van der Waals surface area contributed by atoms with Crippen molar-refractivity contribution in [1.82, 2.24) is 0 Å². The SMILES string of the molecule is CCOP(=O)(OCC)[C@@H](C)C(=O)O[C@H]1C[C@H](O)C=C2C=C[C@H](C)[C@H](CC[C@@H](O)C[C@@H](O)CC(=O)O)[C@H]21. The number of allylic oxidation sites excluding steroid dienone is 2. The van der Waals surface area contributed by atoms with Gasteiger partial charge in [0.15, 0.2) is 5.66 Å². The van der Waals surface area contributed by atoms with Crippen molar-refractivity contribution in [2.75, 3.05) is 13.2 Å². The third-order valence-corrected chi connectivity index (χ3v) is 9.26. The lowest BCUT2D eigenvalue weighted by atomic mass is 9.66. The number of carbonyl (C=O) groups excluding carboxylic acids is 1. The highest BCUT2D eigenvalue weighted by atomic mass is 31.2. The van der Waals surface area contributed by atoms with Crippen LogP contribution >= 0.6 is 7.60 Å². The van der Waals surface area contributed by atoms with E-state index in [2.05, 4.69) is 0 Å². The normalized spacial score (nSPS) is 28.5. The van der Waals surface area contributed by atoms with Gasteiger partial charge in [0.1, 0.15) is 6.10 Å². The molecule has 0 bridgehead atoms. The average molecular weight is 533 g/mol. The lowest BCUT2D eigenvalue weighted by Gasteiger charge is -2.43. The number of carbonyl (C=O) groups is 2. The van der Waals surface area contributed by atoms with Crippen molar-refractivity contribution < 1.29 is 48.4 Å². The molecule has 0 heterocycles. The van der Waals surface area contributed by atoms with Crippen molar-refractivity contribution in [3.05, 3.63) is 23.8 Å². The van der Waals surface area contributed by atoms with Crippen LogP contribution in [-0.2, 0) is 27.9 Å². The molecule has 206 valence electrons. The first-order valence-corrected chi connectivity index (χ1v) is 14.3. The predicted octanol–water partition coefficient (Wildman–Crippen LogP) is 3.05. The van der Waals surface area contributed by atoms with Crippen LogP contribution in [0.25, 0.3) is 0 Å². The van der Waals surface area contributed by atoms with Gasteiger partial charge in [0.05, 0.1) is 37.9 Å². The summed E-state index contributed by atoms with van der Waals surface area (Å²) in [6.45, 7) is 7.01. The van der Waals surface area contributed by atoms with Crippen molar-refractivity contribution in [2.24, 2.45) is 17.8 Å². The molecule has 0 fully saturated rings. The highest BCUT2D eigenvalue weighted by molar-refractivity contribution is 7.55. The topological polar surface area (TPSA) is 160 Å². The van der Waals surface area contributed by atoms with Crippen molar-refractivity contribution in [2.45, 2.75) is 89.9 Å². The lowest BCUT2D eigenvalue weighted by Crippen LogP contribution is -2.43. The van der Waals surface area contributed by atoms with Crippen LogP contribution in [0.5, 0.6) is 0 Å². The molecule has 0 amide bonds. The largest absolute Gasteiger partial charge is 0.481 e. The van der Waals surface area contributed by atoms with Gasteiger partial charge in [0, 0.05) is 12.3 Å². The predicted molar refractivity (Wildman–Crippen MR) is 132 cm³/mol. The second kappa shape index (κ2) is 13.8. The summed E-state index contributed by atoms with van der Waals surface area (Å²) in [7, 11) is -3.73. The maximum Gasteiger partial charge on any atom is 0.344 e. The van der Waals surface area contributed by atoms with Crippen LogP contribution in [0.1, 0.15) is 59.8 Å². The van der Waals surface area contributed by atoms with Gasteiger partial charge in [0.2, 0.25) is 0 Å². The van der Waals surface area contributed by atoms with E-state index in [9.17, 15) is 29.5 Å². The molecule has 0 radical (unpaired) electrons. The van der Waals surface area contributed by atoms with E-state index >= 15 is 0 Å². The van der Waals surface area contributed by atoms with Crippen LogP contribution in [0.3, 0.4) is 0 Å². The highest BCUT2D eigenvalue weighted by Gasteiger charge is 2.45. The molecule has 0 aromatic carbocycles. The van der Waals surface area contributed by atoms with Gasteiger partial charge in [-0.05, 0) is 57.4 Å². The molecule has 0 saturated carbocycles. The van der Waals surface area contributed by atoms with Gasteiger partial charge < -0.3 is 34.2 Å². The standard InChI is InChI=1S/C25H41O10P/c1-5-33-36(32,34-6-2)16(4)25(31)35-22-13-19(27)11-17-8-7-15(3)21(24(17)22)10-9-18(26)12-20(28)14-23(29)30/h7-8,11,15-16,18-22,24,26-28H,5-6,9-10,12-14H2,1-4H3,(H,29,30)/t15-,16-,18+,19+,20+,21-,22-,24-/m0/s1. The summed E-state index contributed by atoms with van der Waals surface area (Å²) in [4.78, 5) is 23.8. The molecule has 2 aliphatic rings. The van der Waals surface area contributed by atoms with Gasteiger partial charge in [0.25, 0.3) is 0 Å². The molecule has 2 rings (SSSR count). The summed E-state index contributed by atoms with van der Waals surface area (Å²) in [5.41, 5.74) is -0.308. The molecular weight excluding hydrogens is 491 g/mol. The van der Waals surface area contributed by atoms with E-state index < -0.39 is 56.0 Å². The van der Waals surface area contributed by atoms with E-state index in [4.69, 9.17) is 18.9 Å². The number of aliphatic carboxylic acids is 1. The lowest BCUT2D eigenvalue weighted by molar-refractivity contribution is -0.154. The Morgan fingerprint density at radius 3 is 2.39 bits per heavy atom. The van der Waals surface area contributed by atoms with E-state index in [1.165, 1.54) is 6.92 Å². The molecule has 11 heteroatoms. The average Bonchev–Trinajstić information content (AvgIpc) is 2.77. The number of esters is 1. The molecule has 2 aliphatic carbocycles. The zero-order chi connectivity index (χ0) is 27.0. The van der Waals surface area contributed by atoms with Gasteiger partial charge in [-0.25, -0.2) is 0 Å². The summed E-state index contributed by atoms with van der Waals surface area (Å²) in [5.74, 6) is -2.07. The molecule has 0 saturated heterocycles. The monoisotopic (exact) mass is 532 g/mol. The first-order chi connectivity index (χ1) is 16.9. The van der Waals surface area contributed by atoms with Crippen LogP contribution in [-0.4, -0.2) is 75.7 Å². The molecule has 8 atom stereocenters. The number of hydrogen-bond donors (Lipinski definition) is 4. The minimum atomic E-state index is -3.73. The van der Waals surface area contributed by atoms with Gasteiger partial charge in [-0.2, -0.15) is 0 Å². The van der Waals surface area contributed by atoms with E-state index in [1.807, 2.05) is 19.1 Å². The molecule has 0 spiro atoms. The first kappa shape index (κ1) is 30.7. The number of fused-ring (bicyclic) bond motifs is 1. The van der Waals surface area contributed by atoms with Crippen molar-refractivity contribution >= 4 is 19.5 Å². The Kier molecular flexibility index (Phi) is 11.8. The Hall–Kier alpha value is -1.55. The second-order valence-electron chi connectivity index (χ2n) is 9.62. The summed E-state index contributed by atoms with van der Waals surface area (Å²) in [6.07, 6.45) is 2.70. The quantitative estimate of drug-likeness (QED) is 0.193. The second-order valence-corrected chi connectivity index (χ2v) is 12.0. The van der Waals surface area contributed by atoms with E-state index in [-0.39, 0.29) is 43.8 Å². The molecule has 0 aromatic heterocycles. The molecular formula is C25H41O10P. The number of rotatable bonds is 14. The van der Waals surface area contributed by atoms with Crippen LogP contribution < -0.4 is 0 Å². The molecule has 36 heavy (non-hydrogen) atoms. The fourth-order valence-electron chi connectivity index (χ4n) is 5.09. The Balaban J connectivity index is 2.17. The van der Waals surface area contributed by atoms with Crippen LogP contribution in [0.4, 0.5) is 0 Å². The van der Waals surface area contributed by atoms with E-state index in [1.54, 1.807) is 19.9 Å². The van der Waals surface area contributed by atoms with Crippen LogP contribution in [0.2, 0.25) is 0 Å². The molecule has 10 nitrogen and oxygen atoms in total. The number of carboxylic acid groups (broad SMARTS) is 1. The number of ether oxygens (including phenoxy) is 1. The van der Waals surface area contributed by atoms with Crippen molar-refractivity contribution in [3.8, 4) is 0 Å². The first-order valence-electron chi connectivity index (χ1n) is 12.7. The van der Waals surface area contributed by atoms with Crippen LogP contribution in [0.15, 0.2) is 23.8 Å². The van der Waals surface area contributed by atoms with Crippen LogP contribution in [0, 0.1) is 17.8 Å². The maximum absolute atomic E-state index is 13.1. The molecule has 0 aromatic rings. The molecule has 0 aliphatic heterocycles. The Morgan fingerprint density at radius 2 is 1.81 bits per heavy atom. The number of carboxylic acids is 1. The van der Waals surface area contributed by atoms with Gasteiger partial charge in [-0.1, -0.05) is 25.2 Å². The smallest absolute Gasteiger partial charge is 0.344 e. The van der Waals surface area contributed by atoms with E-state index in [0.717, 1.165) is 5.57 Å². The molecule has 0 unspecified atom stereocenters. The van der Waals surface area contributed by atoms with Crippen molar-refractivity contribution in [3.63, 3.8) is 0 Å². The summed E-state index contributed by atoms with van der Waals surface area (Å²) in [6, 6.07) is 0. The van der Waals surface area contributed by atoms with Crippen molar-refractivity contribution in [1.29, 1.82) is 0 Å². The number of aliphatic hydroxyl groups is 3. The fraction of sp³-hybridized carbons (Fsp3) is 0.760. The zero-order valence-electron chi connectivity index (χ0n) is 21.5. The van der Waals surface area contributed by atoms with E-state index in [0.29, 0.717) is 12.8 Å². The summed E-state index contributed by atoms with van der Waals surface area (Å²) in [5, 5.41) is 39.5.